The van der Waals surface area contributed by atoms with E-state index in [1.165, 1.54) is 11.3 Å². The lowest BCUT2D eigenvalue weighted by Crippen LogP contribution is -2.33. The van der Waals surface area contributed by atoms with E-state index in [9.17, 15) is 9.59 Å². The van der Waals surface area contributed by atoms with Crippen LogP contribution in [0.15, 0.2) is 82.6 Å². The van der Waals surface area contributed by atoms with E-state index in [-0.39, 0.29) is 24.8 Å². The molecule has 5 nitrogen and oxygen atoms in total. The molecule has 0 radical (unpaired) electrons. The fourth-order valence-corrected chi connectivity index (χ4v) is 3.77. The van der Waals surface area contributed by atoms with Crippen molar-refractivity contribution in [1.29, 1.82) is 0 Å². The highest BCUT2D eigenvalue weighted by molar-refractivity contribution is 7.12. The van der Waals surface area contributed by atoms with Crippen LogP contribution < -0.4 is 10.6 Å². The third kappa shape index (κ3) is 4.55. The number of nitrogens with one attached hydrogen (secondary N) is 2. The highest BCUT2D eigenvalue weighted by atomic mass is 32.1. The van der Waals surface area contributed by atoms with E-state index in [4.69, 9.17) is 4.42 Å². The molecule has 0 aliphatic carbocycles. The maximum Gasteiger partial charge on any atom is 0.261 e. The van der Waals surface area contributed by atoms with Crippen molar-refractivity contribution in [3.8, 4) is 0 Å². The zero-order valence-electron chi connectivity index (χ0n) is 15.6. The average molecular weight is 404 g/mol. The molecule has 6 heteroatoms. The topological polar surface area (TPSA) is 71.3 Å². The van der Waals surface area contributed by atoms with E-state index in [0.29, 0.717) is 10.6 Å². The Morgan fingerprint density at radius 2 is 1.76 bits per heavy atom. The summed E-state index contributed by atoms with van der Waals surface area (Å²) in [4.78, 5) is 25.2. The molecule has 2 N–H and O–H groups in total. The van der Waals surface area contributed by atoms with Gasteiger partial charge < -0.3 is 15.1 Å². The summed E-state index contributed by atoms with van der Waals surface area (Å²) in [6.07, 6.45) is 0.181. The number of fused-ring (bicyclic) bond motifs is 1. The molecule has 0 saturated heterocycles. The molecule has 4 rings (SSSR count). The summed E-state index contributed by atoms with van der Waals surface area (Å²) in [6, 6.07) is 22.6. The zero-order valence-corrected chi connectivity index (χ0v) is 16.4. The molecule has 4 aromatic rings. The summed E-state index contributed by atoms with van der Waals surface area (Å²) in [6.45, 7) is 0.268. The van der Waals surface area contributed by atoms with Gasteiger partial charge in [-0.15, -0.1) is 11.3 Å². The first-order valence-electron chi connectivity index (χ1n) is 9.35. The van der Waals surface area contributed by atoms with Crippen LogP contribution in [0.3, 0.4) is 0 Å². The van der Waals surface area contributed by atoms with Gasteiger partial charge in [-0.05, 0) is 29.1 Å². The third-order valence-corrected chi connectivity index (χ3v) is 5.42. The van der Waals surface area contributed by atoms with Gasteiger partial charge in [-0.25, -0.2) is 0 Å². The van der Waals surface area contributed by atoms with Crippen molar-refractivity contribution in [2.75, 3.05) is 6.54 Å². The van der Waals surface area contributed by atoms with E-state index in [2.05, 4.69) is 10.6 Å². The first kappa shape index (κ1) is 19.0. The summed E-state index contributed by atoms with van der Waals surface area (Å²) in [5, 5.41) is 8.65. The van der Waals surface area contributed by atoms with Crippen LogP contribution in [0.5, 0.6) is 0 Å². The Morgan fingerprint density at radius 1 is 0.966 bits per heavy atom. The number of benzene rings is 2. The molecule has 0 saturated carbocycles. The summed E-state index contributed by atoms with van der Waals surface area (Å²) in [7, 11) is 0. The molecule has 0 fully saturated rings. The van der Waals surface area contributed by atoms with Gasteiger partial charge in [0.2, 0.25) is 5.91 Å². The highest BCUT2D eigenvalue weighted by Crippen LogP contribution is 2.28. The Kier molecular flexibility index (Phi) is 5.72. The van der Waals surface area contributed by atoms with Crippen molar-refractivity contribution in [3.05, 3.63) is 94.4 Å². The van der Waals surface area contributed by atoms with Crippen molar-refractivity contribution in [3.63, 3.8) is 0 Å². The summed E-state index contributed by atoms with van der Waals surface area (Å²) in [5.41, 5.74) is 1.71. The van der Waals surface area contributed by atoms with Gasteiger partial charge >= 0.3 is 0 Å². The number of thiophene rings is 1. The van der Waals surface area contributed by atoms with Crippen LogP contribution in [0.25, 0.3) is 11.0 Å². The van der Waals surface area contributed by atoms with E-state index in [1.807, 2.05) is 72.1 Å². The molecule has 2 amide bonds. The minimum absolute atomic E-state index is 0.161. The smallest absolute Gasteiger partial charge is 0.261 e. The molecule has 0 aliphatic heterocycles. The average Bonchev–Trinajstić information content (AvgIpc) is 3.42. The molecule has 2 aromatic heterocycles. The fourth-order valence-electron chi connectivity index (χ4n) is 3.13. The van der Waals surface area contributed by atoms with Crippen LogP contribution in [-0.2, 0) is 4.79 Å². The van der Waals surface area contributed by atoms with E-state index in [0.717, 1.165) is 16.5 Å². The predicted octanol–water partition coefficient (Wildman–Crippen LogP) is 4.52. The summed E-state index contributed by atoms with van der Waals surface area (Å²) >= 11 is 1.37. The fraction of sp³-hybridized carbons (Fsp3) is 0.130. The zero-order chi connectivity index (χ0) is 20.1. The van der Waals surface area contributed by atoms with Crippen molar-refractivity contribution in [2.45, 2.75) is 12.5 Å². The van der Waals surface area contributed by atoms with Crippen LogP contribution in [-0.4, -0.2) is 18.4 Å². The lowest BCUT2D eigenvalue weighted by atomic mass is 10.0. The maximum absolute atomic E-state index is 12.6. The Morgan fingerprint density at radius 3 is 2.52 bits per heavy atom. The predicted molar refractivity (Wildman–Crippen MR) is 114 cm³/mol. The van der Waals surface area contributed by atoms with Crippen molar-refractivity contribution in [1.82, 2.24) is 10.6 Å². The molecule has 0 spiro atoms. The number of para-hydroxylation sites is 1. The van der Waals surface area contributed by atoms with E-state index in [1.54, 1.807) is 6.07 Å². The highest BCUT2D eigenvalue weighted by Gasteiger charge is 2.21. The van der Waals surface area contributed by atoms with Crippen molar-refractivity contribution in [2.24, 2.45) is 0 Å². The number of rotatable bonds is 7. The van der Waals surface area contributed by atoms with Gasteiger partial charge in [-0.3, -0.25) is 9.59 Å². The molecule has 29 heavy (non-hydrogen) atoms. The van der Waals surface area contributed by atoms with Gasteiger partial charge in [0.05, 0.1) is 4.88 Å². The number of hydrogen-bond donors (Lipinski definition) is 2. The number of carbonyl (C=O) groups is 2. The number of furan rings is 1. The Labute approximate surface area is 172 Å². The second-order valence-electron chi connectivity index (χ2n) is 6.58. The minimum Gasteiger partial charge on any atom is -0.459 e. The second-order valence-corrected chi connectivity index (χ2v) is 7.53. The van der Waals surface area contributed by atoms with Crippen LogP contribution in [0.2, 0.25) is 0 Å². The van der Waals surface area contributed by atoms with Crippen molar-refractivity contribution >= 4 is 34.1 Å². The summed E-state index contributed by atoms with van der Waals surface area (Å²) in [5.74, 6) is 0.351. The van der Waals surface area contributed by atoms with Gasteiger partial charge in [0, 0.05) is 18.4 Å². The lowest BCUT2D eigenvalue weighted by molar-refractivity contribution is -0.121. The van der Waals surface area contributed by atoms with E-state index >= 15 is 0 Å². The SMILES string of the molecule is O=C(CCNC(=O)c1cccs1)NC(c1ccccc1)c1cc2ccccc2o1. The van der Waals surface area contributed by atoms with Gasteiger partial charge in [-0.1, -0.05) is 54.6 Å². The molecule has 0 aliphatic rings. The molecule has 1 atom stereocenters. The monoisotopic (exact) mass is 404 g/mol. The van der Waals surface area contributed by atoms with Crippen LogP contribution in [0.1, 0.15) is 33.5 Å². The molecular formula is C23H20N2O3S. The molecule has 1 unspecified atom stereocenters. The maximum atomic E-state index is 12.6. The normalized spacial score (nSPS) is 11.9. The molecule has 2 heterocycles. The molecule has 2 aromatic carbocycles. The first-order chi connectivity index (χ1) is 14.2. The number of amides is 2. The lowest BCUT2D eigenvalue weighted by Gasteiger charge is -2.17. The minimum atomic E-state index is -0.399. The number of hydrogen-bond acceptors (Lipinski definition) is 4. The Bertz CT molecular complexity index is 1070. The number of carbonyl (C=O) groups excluding carboxylic acids is 2. The van der Waals surface area contributed by atoms with Gasteiger partial charge in [0.25, 0.3) is 5.91 Å². The van der Waals surface area contributed by atoms with Gasteiger partial charge in [0.15, 0.2) is 0 Å². The summed E-state index contributed by atoms with van der Waals surface area (Å²) < 4.78 is 5.99. The van der Waals surface area contributed by atoms with Crippen LogP contribution >= 0.6 is 11.3 Å². The van der Waals surface area contributed by atoms with Crippen molar-refractivity contribution < 1.29 is 14.0 Å². The van der Waals surface area contributed by atoms with Crippen LogP contribution in [0, 0.1) is 0 Å². The second kappa shape index (κ2) is 8.75. The standard InChI is InChI=1S/C23H20N2O3S/c26-21(12-13-24-23(27)20-11-6-14-29-20)25-22(16-7-2-1-3-8-16)19-15-17-9-4-5-10-18(17)28-19/h1-11,14-15,22H,12-13H2,(H,24,27)(H,25,26). The first-order valence-corrected chi connectivity index (χ1v) is 10.2. The van der Waals surface area contributed by atoms with Crippen LogP contribution in [0.4, 0.5) is 0 Å². The Balaban J connectivity index is 1.45. The van der Waals surface area contributed by atoms with E-state index < -0.39 is 6.04 Å². The molecule has 0 bridgehead atoms. The quantitative estimate of drug-likeness (QED) is 0.476. The molecular weight excluding hydrogens is 384 g/mol. The van der Waals surface area contributed by atoms with Gasteiger partial charge in [-0.2, -0.15) is 0 Å². The molecule has 146 valence electrons. The third-order valence-electron chi connectivity index (χ3n) is 4.55. The Hall–Kier alpha value is -3.38. The van der Waals surface area contributed by atoms with Gasteiger partial charge in [0.1, 0.15) is 17.4 Å². The largest absolute Gasteiger partial charge is 0.459 e.